The molecule has 1 aromatic rings. The van der Waals surface area contributed by atoms with E-state index in [1.807, 2.05) is 6.26 Å². The summed E-state index contributed by atoms with van der Waals surface area (Å²) in [5, 5.41) is 23.9. The topological polar surface area (TPSA) is 205 Å². The number of nitrogens with one attached hydrogen (secondary N) is 2. The van der Waals surface area contributed by atoms with Crippen molar-refractivity contribution >= 4 is 41.4 Å². The van der Waals surface area contributed by atoms with Gasteiger partial charge in [-0.2, -0.15) is 11.8 Å². The number of hydrogen-bond donors (Lipinski definition) is 6. The number of likely N-dealkylation sites (tertiary alicyclic amines) is 1. The maximum Gasteiger partial charge on any atom is 0.326 e. The Bertz CT molecular complexity index is 975. The van der Waals surface area contributed by atoms with Gasteiger partial charge in [-0.25, -0.2) is 4.79 Å². The van der Waals surface area contributed by atoms with Crippen LogP contribution >= 0.6 is 11.8 Å². The smallest absolute Gasteiger partial charge is 0.326 e. The first kappa shape index (κ1) is 29.9. The van der Waals surface area contributed by atoms with E-state index in [1.165, 1.54) is 28.8 Å². The molecule has 1 saturated heterocycles. The Balaban J connectivity index is 2.11. The van der Waals surface area contributed by atoms with Crippen molar-refractivity contribution in [1.29, 1.82) is 0 Å². The number of nitrogens with two attached hydrogens (primary N) is 2. The van der Waals surface area contributed by atoms with Gasteiger partial charge in [-0.3, -0.25) is 19.2 Å². The average Bonchev–Trinajstić information content (AvgIpc) is 3.34. The van der Waals surface area contributed by atoms with Crippen molar-refractivity contribution < 1.29 is 34.2 Å². The number of carbonyl (C=O) groups excluding carboxylic acids is 4. The number of carbonyl (C=O) groups is 5. The lowest BCUT2D eigenvalue weighted by Crippen LogP contribution is -2.57. The van der Waals surface area contributed by atoms with E-state index in [2.05, 4.69) is 10.6 Å². The van der Waals surface area contributed by atoms with Crippen LogP contribution in [-0.2, 0) is 30.4 Å². The minimum absolute atomic E-state index is 0.0713. The van der Waals surface area contributed by atoms with Crippen molar-refractivity contribution in [1.82, 2.24) is 15.5 Å². The molecule has 1 aliphatic rings. The highest BCUT2D eigenvalue weighted by Gasteiger charge is 2.39. The van der Waals surface area contributed by atoms with Gasteiger partial charge in [-0.1, -0.05) is 12.1 Å². The van der Waals surface area contributed by atoms with Gasteiger partial charge in [0.05, 0.1) is 6.04 Å². The summed E-state index contributed by atoms with van der Waals surface area (Å²) in [6, 6.07) is 2.03. The van der Waals surface area contributed by atoms with Gasteiger partial charge >= 0.3 is 5.97 Å². The normalized spacial score (nSPS) is 17.5. The van der Waals surface area contributed by atoms with E-state index < -0.39 is 53.8 Å². The van der Waals surface area contributed by atoms with Crippen molar-refractivity contribution in [3.63, 3.8) is 0 Å². The van der Waals surface area contributed by atoms with Crippen molar-refractivity contribution in [2.24, 2.45) is 11.5 Å². The second kappa shape index (κ2) is 14.4. The third kappa shape index (κ3) is 9.25. The van der Waals surface area contributed by atoms with Crippen LogP contribution in [0.2, 0.25) is 0 Å². The van der Waals surface area contributed by atoms with E-state index in [1.54, 1.807) is 12.1 Å². The number of carboxylic acid groups (broad SMARTS) is 1. The fourth-order valence-electron chi connectivity index (χ4n) is 4.07. The van der Waals surface area contributed by atoms with Gasteiger partial charge in [0, 0.05) is 13.0 Å². The minimum atomic E-state index is -1.16. The van der Waals surface area contributed by atoms with Crippen molar-refractivity contribution in [2.45, 2.75) is 62.7 Å². The van der Waals surface area contributed by atoms with E-state index >= 15 is 0 Å². The minimum Gasteiger partial charge on any atom is -0.508 e. The first-order valence-electron chi connectivity index (χ1n) is 12.0. The van der Waals surface area contributed by atoms with Crippen molar-refractivity contribution in [3.8, 4) is 5.75 Å². The first-order chi connectivity index (χ1) is 17.5. The zero-order valence-electron chi connectivity index (χ0n) is 20.7. The maximum atomic E-state index is 13.4. The second-order valence-electron chi connectivity index (χ2n) is 8.91. The highest BCUT2D eigenvalue weighted by molar-refractivity contribution is 7.98. The Kier molecular flexibility index (Phi) is 11.7. The largest absolute Gasteiger partial charge is 0.508 e. The van der Waals surface area contributed by atoms with E-state index in [4.69, 9.17) is 11.5 Å². The molecule has 1 aliphatic heterocycles. The highest BCUT2D eigenvalue weighted by atomic mass is 32.2. The third-order valence-electron chi connectivity index (χ3n) is 6.09. The number of amides is 4. The van der Waals surface area contributed by atoms with Gasteiger partial charge < -0.3 is 37.2 Å². The van der Waals surface area contributed by atoms with Gasteiger partial charge in [0.1, 0.15) is 23.9 Å². The predicted octanol–water partition coefficient (Wildman–Crippen LogP) is -0.674. The van der Waals surface area contributed by atoms with Crippen LogP contribution in [0.4, 0.5) is 0 Å². The number of benzene rings is 1. The summed E-state index contributed by atoms with van der Waals surface area (Å²) in [4.78, 5) is 63.4. The number of nitrogens with zero attached hydrogens (tertiary/aromatic N) is 1. The van der Waals surface area contributed by atoms with Crippen LogP contribution in [0.25, 0.3) is 0 Å². The fourth-order valence-corrected chi connectivity index (χ4v) is 4.54. The molecule has 0 saturated carbocycles. The summed E-state index contributed by atoms with van der Waals surface area (Å²) in [5.41, 5.74) is 12.0. The molecule has 0 bridgehead atoms. The number of phenols is 1. The molecular formula is C24H35N5O7S. The van der Waals surface area contributed by atoms with Crippen molar-refractivity contribution in [3.05, 3.63) is 29.8 Å². The Morgan fingerprint density at radius 3 is 2.38 bits per heavy atom. The predicted molar refractivity (Wildman–Crippen MR) is 137 cm³/mol. The van der Waals surface area contributed by atoms with E-state index in [0.717, 1.165) is 0 Å². The Morgan fingerprint density at radius 1 is 1.11 bits per heavy atom. The quantitative estimate of drug-likeness (QED) is 0.178. The first-order valence-corrected chi connectivity index (χ1v) is 13.4. The third-order valence-corrected chi connectivity index (χ3v) is 6.73. The van der Waals surface area contributed by atoms with E-state index in [9.17, 15) is 34.2 Å². The number of rotatable bonds is 14. The summed E-state index contributed by atoms with van der Waals surface area (Å²) in [6.45, 7) is 0.238. The van der Waals surface area contributed by atoms with Gasteiger partial charge in [0.2, 0.25) is 23.6 Å². The van der Waals surface area contributed by atoms with Crippen LogP contribution in [-0.4, -0.2) is 87.4 Å². The molecule has 4 amide bonds. The number of carboxylic acids is 1. The van der Waals surface area contributed by atoms with Crippen LogP contribution in [0.15, 0.2) is 24.3 Å². The van der Waals surface area contributed by atoms with E-state index in [0.29, 0.717) is 24.2 Å². The molecule has 12 nitrogen and oxygen atoms in total. The van der Waals surface area contributed by atoms with E-state index in [-0.39, 0.29) is 38.0 Å². The average molecular weight is 538 g/mol. The van der Waals surface area contributed by atoms with Crippen LogP contribution in [0.3, 0.4) is 0 Å². The monoisotopic (exact) mass is 537 g/mol. The lowest BCUT2D eigenvalue weighted by molar-refractivity contribution is -0.145. The fraction of sp³-hybridized carbons (Fsp3) is 0.542. The molecule has 0 spiro atoms. The molecule has 1 aromatic carbocycles. The molecule has 1 heterocycles. The summed E-state index contributed by atoms with van der Waals surface area (Å²) in [7, 11) is 0. The van der Waals surface area contributed by atoms with Crippen LogP contribution in [0, 0.1) is 0 Å². The van der Waals surface area contributed by atoms with Gasteiger partial charge in [-0.05, 0) is 61.8 Å². The summed E-state index contributed by atoms with van der Waals surface area (Å²) >= 11 is 1.45. The van der Waals surface area contributed by atoms with Gasteiger partial charge in [-0.15, -0.1) is 0 Å². The zero-order chi connectivity index (χ0) is 27.5. The summed E-state index contributed by atoms with van der Waals surface area (Å²) < 4.78 is 0. The molecule has 8 N–H and O–H groups in total. The lowest BCUT2D eigenvalue weighted by Gasteiger charge is -2.30. The van der Waals surface area contributed by atoms with Crippen molar-refractivity contribution in [2.75, 3.05) is 18.6 Å². The summed E-state index contributed by atoms with van der Waals surface area (Å²) in [6.07, 6.45) is 2.80. The molecular weight excluding hydrogens is 502 g/mol. The number of aliphatic carboxylic acids is 1. The number of phenolic OH excluding ortho intramolecular Hbond substituents is 1. The number of thioether (sulfide) groups is 1. The van der Waals surface area contributed by atoms with Gasteiger partial charge in [0.25, 0.3) is 0 Å². The molecule has 13 heteroatoms. The zero-order valence-corrected chi connectivity index (χ0v) is 21.5. The van der Waals surface area contributed by atoms with Crippen LogP contribution in [0.1, 0.15) is 37.7 Å². The summed E-state index contributed by atoms with van der Waals surface area (Å²) in [5.74, 6) is -2.98. The lowest BCUT2D eigenvalue weighted by atomic mass is 10.0. The Morgan fingerprint density at radius 2 is 1.78 bits per heavy atom. The standard InChI is InChI=1S/C24H35N5O7S/c1-37-12-10-18(24(35)36)28-22(33)19-3-2-11-29(19)23(34)17(8-9-20(26)31)27-21(32)16(25)13-14-4-6-15(30)7-5-14/h4-7,16-19,30H,2-3,8-13,25H2,1H3,(H2,26,31)(H,27,32)(H,28,33)(H,35,36). The number of hydrogen-bond acceptors (Lipinski definition) is 8. The molecule has 0 radical (unpaired) electrons. The maximum absolute atomic E-state index is 13.4. The highest BCUT2D eigenvalue weighted by Crippen LogP contribution is 2.20. The van der Waals surface area contributed by atoms with Gasteiger partial charge in [0.15, 0.2) is 0 Å². The second-order valence-corrected chi connectivity index (χ2v) is 9.90. The molecule has 2 rings (SSSR count). The molecule has 1 fully saturated rings. The number of aromatic hydroxyl groups is 1. The molecule has 37 heavy (non-hydrogen) atoms. The molecule has 0 aliphatic carbocycles. The Hall–Kier alpha value is -3.32. The molecule has 4 atom stereocenters. The van der Waals surface area contributed by atoms with Crippen LogP contribution in [0.5, 0.6) is 5.75 Å². The van der Waals surface area contributed by atoms with Crippen LogP contribution < -0.4 is 22.1 Å². The Labute approximate surface area is 219 Å². The molecule has 4 unspecified atom stereocenters. The SMILES string of the molecule is CSCCC(NC(=O)C1CCCN1C(=O)C(CCC(N)=O)NC(=O)C(N)Cc1ccc(O)cc1)C(=O)O. The molecule has 204 valence electrons. The number of primary amides is 1. The molecule has 0 aromatic heterocycles.